The third-order valence-electron chi connectivity index (χ3n) is 4.83. The van der Waals surface area contributed by atoms with E-state index in [1.807, 2.05) is 13.8 Å². The predicted octanol–water partition coefficient (Wildman–Crippen LogP) is 2.38. The molecule has 0 saturated carbocycles. The lowest BCUT2D eigenvalue weighted by Crippen LogP contribution is -2.48. The zero-order chi connectivity index (χ0) is 18.2. The third kappa shape index (κ3) is 3.93. The Hall–Kier alpha value is -1.73. The van der Waals surface area contributed by atoms with Crippen LogP contribution < -0.4 is 16.0 Å². The maximum atomic E-state index is 12.3. The summed E-state index contributed by atoms with van der Waals surface area (Å²) < 4.78 is 0. The number of anilines is 1. The van der Waals surface area contributed by atoms with E-state index < -0.39 is 0 Å². The Balaban J connectivity index is 1.68. The minimum absolute atomic E-state index is 0.0567. The van der Waals surface area contributed by atoms with Crippen molar-refractivity contribution in [3.8, 4) is 0 Å². The molecular formula is C18H27N5OS. The number of carbonyl (C=O) groups is 1. The largest absolute Gasteiger partial charge is 0.356 e. The molecule has 7 heteroatoms. The number of hydrogen-bond acceptors (Lipinski definition) is 6. The second-order valence-corrected chi connectivity index (χ2v) is 8.83. The molecule has 2 aromatic heterocycles. The van der Waals surface area contributed by atoms with Crippen molar-refractivity contribution < 1.29 is 4.79 Å². The first-order valence-corrected chi connectivity index (χ1v) is 9.60. The summed E-state index contributed by atoms with van der Waals surface area (Å²) in [7, 11) is 0. The first-order chi connectivity index (χ1) is 11.8. The van der Waals surface area contributed by atoms with E-state index >= 15 is 0 Å². The first-order valence-electron chi connectivity index (χ1n) is 8.78. The smallest absolute Gasteiger partial charge is 0.223 e. The molecule has 0 atom stereocenters. The van der Waals surface area contributed by atoms with Gasteiger partial charge in [0.25, 0.3) is 0 Å². The van der Waals surface area contributed by atoms with Crippen LogP contribution in [0.15, 0.2) is 6.33 Å². The fraction of sp³-hybridized carbons (Fsp3) is 0.611. The molecule has 6 nitrogen and oxygen atoms in total. The number of hydrogen-bond donors (Lipinski definition) is 2. The van der Waals surface area contributed by atoms with Gasteiger partial charge in [0.15, 0.2) is 0 Å². The fourth-order valence-electron chi connectivity index (χ4n) is 3.22. The van der Waals surface area contributed by atoms with E-state index in [-0.39, 0.29) is 17.4 Å². The summed E-state index contributed by atoms with van der Waals surface area (Å²) in [6, 6.07) is 0. The Labute approximate surface area is 152 Å². The molecule has 136 valence electrons. The van der Waals surface area contributed by atoms with Crippen LogP contribution in [0.4, 0.5) is 5.82 Å². The number of aromatic nitrogens is 2. The third-order valence-corrected chi connectivity index (χ3v) is 5.94. The van der Waals surface area contributed by atoms with Crippen molar-refractivity contribution in [2.75, 3.05) is 24.5 Å². The van der Waals surface area contributed by atoms with Crippen LogP contribution in [-0.2, 0) is 4.79 Å². The summed E-state index contributed by atoms with van der Waals surface area (Å²) in [6.45, 7) is 10.3. The molecule has 3 N–H and O–H groups in total. The van der Waals surface area contributed by atoms with E-state index in [2.05, 4.69) is 34.0 Å². The van der Waals surface area contributed by atoms with Gasteiger partial charge >= 0.3 is 0 Å². The molecule has 0 unspecified atom stereocenters. The molecule has 2 aromatic rings. The average Bonchev–Trinajstić information content (AvgIpc) is 2.87. The number of nitrogens with one attached hydrogen (secondary N) is 1. The van der Waals surface area contributed by atoms with Crippen molar-refractivity contribution in [2.24, 2.45) is 11.7 Å². The lowest BCUT2D eigenvalue weighted by atomic mass is 9.95. The number of amides is 1. The van der Waals surface area contributed by atoms with Crippen LogP contribution in [0.5, 0.6) is 0 Å². The number of rotatable bonds is 4. The predicted molar refractivity (Wildman–Crippen MR) is 103 cm³/mol. The number of thiophene rings is 1. The van der Waals surface area contributed by atoms with Crippen molar-refractivity contribution in [1.29, 1.82) is 0 Å². The minimum atomic E-state index is -0.378. The highest BCUT2D eigenvalue weighted by Crippen LogP contribution is 2.35. The monoisotopic (exact) mass is 361 g/mol. The van der Waals surface area contributed by atoms with Gasteiger partial charge in [-0.2, -0.15) is 0 Å². The van der Waals surface area contributed by atoms with Gasteiger partial charge in [-0.15, -0.1) is 11.3 Å². The van der Waals surface area contributed by atoms with Gasteiger partial charge in [0.2, 0.25) is 5.91 Å². The Morgan fingerprint density at radius 2 is 2.04 bits per heavy atom. The quantitative estimate of drug-likeness (QED) is 0.873. The van der Waals surface area contributed by atoms with Crippen LogP contribution >= 0.6 is 11.3 Å². The van der Waals surface area contributed by atoms with Crippen LogP contribution in [0.25, 0.3) is 10.2 Å². The Morgan fingerprint density at radius 1 is 1.36 bits per heavy atom. The molecule has 1 saturated heterocycles. The van der Waals surface area contributed by atoms with Crippen molar-refractivity contribution in [3.63, 3.8) is 0 Å². The maximum absolute atomic E-state index is 12.3. The highest BCUT2D eigenvalue weighted by Gasteiger charge is 2.28. The fourth-order valence-corrected chi connectivity index (χ4v) is 4.21. The molecule has 1 amide bonds. The molecule has 1 aliphatic rings. The number of piperidine rings is 1. The molecule has 3 heterocycles. The van der Waals surface area contributed by atoms with Gasteiger partial charge in [0, 0.05) is 36.0 Å². The van der Waals surface area contributed by atoms with E-state index in [4.69, 9.17) is 5.73 Å². The molecule has 0 spiro atoms. The standard InChI is InChI=1S/C18H27N5OS/c1-11-12(2)25-17-14(11)15(21-10-22-17)23-7-5-13(6-8-23)16(24)20-9-18(3,4)19/h10,13H,5-9,19H2,1-4H3,(H,20,24). The van der Waals surface area contributed by atoms with Crippen molar-refractivity contribution in [1.82, 2.24) is 15.3 Å². The lowest BCUT2D eigenvalue weighted by molar-refractivity contribution is -0.125. The summed E-state index contributed by atoms with van der Waals surface area (Å²) >= 11 is 1.72. The molecule has 0 radical (unpaired) electrons. The van der Waals surface area contributed by atoms with Crippen LogP contribution in [-0.4, -0.2) is 41.0 Å². The topological polar surface area (TPSA) is 84.1 Å². The van der Waals surface area contributed by atoms with Crippen LogP contribution in [0.2, 0.25) is 0 Å². The van der Waals surface area contributed by atoms with E-state index in [0.29, 0.717) is 6.54 Å². The Morgan fingerprint density at radius 3 is 2.68 bits per heavy atom. The van der Waals surface area contributed by atoms with Gasteiger partial charge in [-0.05, 0) is 46.1 Å². The number of nitrogens with zero attached hydrogens (tertiary/aromatic N) is 3. The molecule has 25 heavy (non-hydrogen) atoms. The van der Waals surface area contributed by atoms with Crippen LogP contribution in [0, 0.1) is 19.8 Å². The van der Waals surface area contributed by atoms with Crippen LogP contribution in [0.1, 0.15) is 37.1 Å². The summed E-state index contributed by atoms with van der Waals surface area (Å²) in [5.41, 5.74) is 6.83. The van der Waals surface area contributed by atoms with E-state index in [9.17, 15) is 4.79 Å². The summed E-state index contributed by atoms with van der Waals surface area (Å²) in [6.07, 6.45) is 3.32. The lowest BCUT2D eigenvalue weighted by Gasteiger charge is -2.33. The van der Waals surface area contributed by atoms with Crippen LogP contribution in [0.3, 0.4) is 0 Å². The minimum Gasteiger partial charge on any atom is -0.356 e. The Bertz CT molecular complexity index is 772. The average molecular weight is 362 g/mol. The summed E-state index contributed by atoms with van der Waals surface area (Å²) in [5.74, 6) is 1.18. The van der Waals surface area contributed by atoms with E-state index in [0.717, 1.165) is 42.0 Å². The van der Waals surface area contributed by atoms with Crippen molar-refractivity contribution >= 4 is 33.3 Å². The van der Waals surface area contributed by atoms with Crippen molar-refractivity contribution in [3.05, 3.63) is 16.8 Å². The zero-order valence-electron chi connectivity index (χ0n) is 15.4. The molecule has 0 aliphatic carbocycles. The number of carbonyl (C=O) groups excluding carboxylic acids is 1. The van der Waals surface area contributed by atoms with Gasteiger partial charge in [0.05, 0.1) is 5.39 Å². The maximum Gasteiger partial charge on any atom is 0.223 e. The second kappa shape index (κ2) is 6.88. The highest BCUT2D eigenvalue weighted by atomic mass is 32.1. The molecule has 0 bridgehead atoms. The van der Waals surface area contributed by atoms with Gasteiger partial charge in [0.1, 0.15) is 17.0 Å². The number of aryl methyl sites for hydroxylation is 2. The SMILES string of the molecule is Cc1sc2ncnc(N3CCC(C(=O)NCC(C)(C)N)CC3)c2c1C. The summed E-state index contributed by atoms with van der Waals surface area (Å²) in [4.78, 5) is 25.9. The summed E-state index contributed by atoms with van der Waals surface area (Å²) in [5, 5.41) is 4.15. The second-order valence-electron chi connectivity index (χ2n) is 7.63. The van der Waals surface area contributed by atoms with Gasteiger partial charge in [-0.1, -0.05) is 0 Å². The molecular weight excluding hydrogens is 334 g/mol. The Kier molecular flexibility index (Phi) is 4.97. The van der Waals surface area contributed by atoms with E-state index in [1.165, 1.54) is 10.4 Å². The molecule has 1 aliphatic heterocycles. The normalized spacial score (nSPS) is 16.4. The van der Waals surface area contributed by atoms with Gasteiger partial charge < -0.3 is 16.0 Å². The first kappa shape index (κ1) is 18.1. The zero-order valence-corrected chi connectivity index (χ0v) is 16.2. The molecule has 0 aromatic carbocycles. The molecule has 1 fully saturated rings. The van der Waals surface area contributed by atoms with E-state index in [1.54, 1.807) is 17.7 Å². The van der Waals surface area contributed by atoms with Gasteiger partial charge in [-0.25, -0.2) is 9.97 Å². The van der Waals surface area contributed by atoms with Gasteiger partial charge in [-0.3, -0.25) is 4.79 Å². The molecule has 3 rings (SSSR count). The number of nitrogens with two attached hydrogens (primary N) is 1. The number of fused-ring (bicyclic) bond motifs is 1. The van der Waals surface area contributed by atoms with Crippen molar-refractivity contribution in [2.45, 2.75) is 46.1 Å². The highest BCUT2D eigenvalue weighted by molar-refractivity contribution is 7.18.